The average Bonchev–Trinajstić information content (AvgIpc) is 2.29. The number of nitriles is 1. The highest BCUT2D eigenvalue weighted by atomic mass is 32.2. The van der Waals surface area contributed by atoms with Crippen LogP contribution in [-0.4, -0.2) is 10.9 Å². The Bertz CT molecular complexity index is 390. The van der Waals surface area contributed by atoms with E-state index in [0.717, 1.165) is 17.7 Å². The molecule has 1 aromatic carbocycles. The number of aliphatic hydroxyl groups is 1. The van der Waals surface area contributed by atoms with Crippen molar-refractivity contribution in [1.29, 1.82) is 5.26 Å². The number of benzene rings is 1. The lowest BCUT2D eigenvalue weighted by molar-refractivity contribution is 0.199. The van der Waals surface area contributed by atoms with Gasteiger partial charge in [-0.1, -0.05) is 12.1 Å². The summed E-state index contributed by atoms with van der Waals surface area (Å²) in [5, 5.41) is 18.3. The van der Waals surface area contributed by atoms with Crippen LogP contribution in [0, 0.1) is 16.7 Å². The molecule has 0 fully saturated rings. The van der Waals surface area contributed by atoms with Crippen molar-refractivity contribution in [2.75, 3.05) is 5.75 Å². The maximum Gasteiger partial charge on any atom is 0.0761 e. The van der Waals surface area contributed by atoms with Crippen LogP contribution in [-0.2, 0) is 0 Å². The molecule has 0 bridgehead atoms. The highest BCUT2D eigenvalue weighted by Gasteiger charge is 2.15. The van der Waals surface area contributed by atoms with Gasteiger partial charge in [-0.25, -0.2) is 0 Å². The number of nitrogens with zero attached hydrogens (tertiary/aromatic N) is 1. The highest BCUT2D eigenvalue weighted by molar-refractivity contribution is 7.99. The van der Waals surface area contributed by atoms with Crippen molar-refractivity contribution in [3.63, 3.8) is 0 Å². The fraction of sp³-hybridized carbons (Fsp3) is 0.500. The van der Waals surface area contributed by atoms with Crippen molar-refractivity contribution in [3.8, 4) is 6.07 Å². The molecule has 1 aromatic rings. The van der Waals surface area contributed by atoms with Crippen molar-refractivity contribution in [1.82, 2.24) is 0 Å². The second-order valence-corrected chi connectivity index (χ2v) is 6.01. The van der Waals surface area contributed by atoms with E-state index in [2.05, 4.69) is 6.07 Å². The van der Waals surface area contributed by atoms with Crippen LogP contribution in [0.3, 0.4) is 0 Å². The molecule has 0 radical (unpaired) electrons. The molecule has 1 unspecified atom stereocenters. The lowest BCUT2D eigenvalue weighted by Crippen LogP contribution is -2.08. The Kier molecular flexibility index (Phi) is 5.04. The summed E-state index contributed by atoms with van der Waals surface area (Å²) in [6.45, 7) is 5.69. The van der Waals surface area contributed by atoms with Gasteiger partial charge in [0.25, 0.3) is 0 Å². The van der Waals surface area contributed by atoms with Gasteiger partial charge in [0.15, 0.2) is 0 Å². The second-order valence-electron chi connectivity index (χ2n) is 4.84. The van der Waals surface area contributed by atoms with Gasteiger partial charge in [0.1, 0.15) is 0 Å². The molecule has 0 aliphatic carbocycles. The Morgan fingerprint density at radius 2 is 1.94 bits per heavy atom. The van der Waals surface area contributed by atoms with Crippen LogP contribution < -0.4 is 0 Å². The first-order chi connectivity index (χ1) is 7.94. The van der Waals surface area contributed by atoms with E-state index in [1.54, 1.807) is 18.7 Å². The summed E-state index contributed by atoms with van der Waals surface area (Å²) in [6, 6.07) is 10.2. The topological polar surface area (TPSA) is 44.0 Å². The standard InChI is InChI=1S/C14H19NOS/c1-11(16)12-4-6-13(7-5-12)17-9-8-14(2,3)10-15/h4-7,11,16H,8-9H2,1-3H3. The minimum absolute atomic E-state index is 0.243. The SMILES string of the molecule is CC(O)c1ccc(SCCC(C)(C)C#N)cc1. The van der Waals surface area contributed by atoms with Crippen molar-refractivity contribution < 1.29 is 5.11 Å². The smallest absolute Gasteiger partial charge is 0.0761 e. The van der Waals surface area contributed by atoms with E-state index in [1.165, 1.54) is 4.90 Å². The molecule has 0 heterocycles. The summed E-state index contributed by atoms with van der Waals surface area (Å²) in [5.74, 6) is 0.939. The largest absolute Gasteiger partial charge is 0.389 e. The summed E-state index contributed by atoms with van der Waals surface area (Å²) in [7, 11) is 0. The lowest BCUT2D eigenvalue weighted by atomic mass is 9.93. The maximum absolute atomic E-state index is 9.39. The molecule has 92 valence electrons. The van der Waals surface area contributed by atoms with Crippen LogP contribution in [0.2, 0.25) is 0 Å². The molecule has 0 aliphatic heterocycles. The summed E-state index contributed by atoms with van der Waals surface area (Å²) in [5.41, 5.74) is 0.693. The molecule has 0 aromatic heterocycles. The van der Waals surface area contributed by atoms with Crippen molar-refractivity contribution >= 4 is 11.8 Å². The third-order valence-electron chi connectivity index (χ3n) is 2.66. The number of hydrogen-bond acceptors (Lipinski definition) is 3. The van der Waals surface area contributed by atoms with E-state index >= 15 is 0 Å². The molecular weight excluding hydrogens is 230 g/mol. The first kappa shape index (κ1) is 14.1. The van der Waals surface area contributed by atoms with E-state index in [9.17, 15) is 5.11 Å². The molecule has 3 heteroatoms. The number of aliphatic hydroxyl groups excluding tert-OH is 1. The molecule has 17 heavy (non-hydrogen) atoms. The van der Waals surface area contributed by atoms with Gasteiger partial charge in [-0.3, -0.25) is 0 Å². The first-order valence-electron chi connectivity index (χ1n) is 5.77. The molecular formula is C14H19NOS. The Morgan fingerprint density at radius 3 is 2.41 bits per heavy atom. The van der Waals surface area contributed by atoms with E-state index in [1.807, 2.05) is 38.1 Å². The molecule has 0 saturated carbocycles. The van der Waals surface area contributed by atoms with Crippen LogP contribution >= 0.6 is 11.8 Å². The zero-order chi connectivity index (χ0) is 12.9. The molecule has 2 nitrogen and oxygen atoms in total. The molecule has 0 spiro atoms. The lowest BCUT2D eigenvalue weighted by Gasteiger charge is -2.14. The van der Waals surface area contributed by atoms with E-state index in [0.29, 0.717) is 0 Å². The molecule has 0 saturated heterocycles. The van der Waals surface area contributed by atoms with Crippen LogP contribution in [0.25, 0.3) is 0 Å². The predicted molar refractivity (Wildman–Crippen MR) is 71.8 cm³/mol. The van der Waals surface area contributed by atoms with E-state index in [4.69, 9.17) is 5.26 Å². The third-order valence-corrected chi connectivity index (χ3v) is 3.67. The molecule has 0 aliphatic rings. The van der Waals surface area contributed by atoms with Crippen LogP contribution in [0.15, 0.2) is 29.2 Å². The monoisotopic (exact) mass is 249 g/mol. The van der Waals surface area contributed by atoms with Gasteiger partial charge in [-0.15, -0.1) is 11.8 Å². The van der Waals surface area contributed by atoms with Crippen LogP contribution in [0.4, 0.5) is 0 Å². The molecule has 1 N–H and O–H groups in total. The van der Waals surface area contributed by atoms with Crippen molar-refractivity contribution in [2.45, 2.75) is 38.2 Å². The zero-order valence-electron chi connectivity index (χ0n) is 10.6. The van der Waals surface area contributed by atoms with Gasteiger partial charge in [0.2, 0.25) is 0 Å². The van der Waals surface area contributed by atoms with Crippen LogP contribution in [0.5, 0.6) is 0 Å². The van der Waals surface area contributed by atoms with Crippen molar-refractivity contribution in [2.24, 2.45) is 5.41 Å². The summed E-state index contributed by atoms with van der Waals surface area (Å²) in [6.07, 6.45) is 0.471. The minimum atomic E-state index is -0.411. The molecule has 0 amide bonds. The molecule has 1 atom stereocenters. The fourth-order valence-corrected chi connectivity index (χ4v) is 2.50. The fourth-order valence-electron chi connectivity index (χ4n) is 1.32. The Hall–Kier alpha value is -0.980. The summed E-state index contributed by atoms with van der Waals surface area (Å²) < 4.78 is 0. The first-order valence-corrected chi connectivity index (χ1v) is 6.75. The number of thioether (sulfide) groups is 1. The van der Waals surface area contributed by atoms with E-state index in [-0.39, 0.29) is 5.41 Å². The number of hydrogen-bond donors (Lipinski definition) is 1. The maximum atomic E-state index is 9.39. The quantitative estimate of drug-likeness (QED) is 0.808. The highest BCUT2D eigenvalue weighted by Crippen LogP contribution is 2.26. The average molecular weight is 249 g/mol. The third kappa shape index (κ3) is 4.80. The van der Waals surface area contributed by atoms with E-state index < -0.39 is 6.10 Å². The molecule has 1 rings (SSSR count). The van der Waals surface area contributed by atoms with Crippen LogP contribution in [0.1, 0.15) is 38.9 Å². The Labute approximate surface area is 108 Å². The minimum Gasteiger partial charge on any atom is -0.389 e. The predicted octanol–water partition coefficient (Wildman–Crippen LogP) is 3.77. The summed E-state index contributed by atoms with van der Waals surface area (Å²) in [4.78, 5) is 1.18. The van der Waals surface area contributed by atoms with Gasteiger partial charge in [-0.2, -0.15) is 5.26 Å². The summed E-state index contributed by atoms with van der Waals surface area (Å²) >= 11 is 1.75. The zero-order valence-corrected chi connectivity index (χ0v) is 11.4. The second kappa shape index (κ2) is 6.09. The van der Waals surface area contributed by atoms with Gasteiger partial charge in [0.05, 0.1) is 17.6 Å². The van der Waals surface area contributed by atoms with Gasteiger partial charge in [-0.05, 0) is 50.6 Å². The van der Waals surface area contributed by atoms with Crippen molar-refractivity contribution in [3.05, 3.63) is 29.8 Å². The Balaban J connectivity index is 2.46. The van der Waals surface area contributed by atoms with Gasteiger partial charge in [0, 0.05) is 4.90 Å². The van der Waals surface area contributed by atoms with Gasteiger partial charge >= 0.3 is 0 Å². The normalized spacial score (nSPS) is 13.1. The Morgan fingerprint density at radius 1 is 1.35 bits per heavy atom. The number of rotatable bonds is 5. The van der Waals surface area contributed by atoms with Gasteiger partial charge < -0.3 is 5.11 Å².